The molecular formula is C26H32NO5P. The zero-order chi connectivity index (χ0) is 23.5. The summed E-state index contributed by atoms with van der Waals surface area (Å²) in [6, 6.07) is 24.0. The third-order valence-corrected chi connectivity index (χ3v) is 7.96. The number of hydrogen-bond acceptors (Lipinski definition) is 5. The van der Waals surface area contributed by atoms with E-state index in [-0.39, 0.29) is 26.4 Å². The van der Waals surface area contributed by atoms with E-state index in [9.17, 15) is 9.36 Å². The van der Waals surface area contributed by atoms with Crippen molar-refractivity contribution < 1.29 is 23.2 Å². The van der Waals surface area contributed by atoms with Gasteiger partial charge in [-0.05, 0) is 48.6 Å². The van der Waals surface area contributed by atoms with Gasteiger partial charge < -0.3 is 9.05 Å². The summed E-state index contributed by atoms with van der Waals surface area (Å²) < 4.78 is 25.0. The number of benzene rings is 3. The largest absolute Gasteiger partial charge is 0.334 e. The van der Waals surface area contributed by atoms with Gasteiger partial charge in [-0.25, -0.2) is 5.06 Å². The van der Waals surface area contributed by atoms with Gasteiger partial charge >= 0.3 is 7.60 Å². The molecule has 7 heteroatoms. The van der Waals surface area contributed by atoms with Crippen molar-refractivity contribution in [3.63, 3.8) is 0 Å². The van der Waals surface area contributed by atoms with Crippen LogP contribution in [0.15, 0.2) is 72.8 Å². The van der Waals surface area contributed by atoms with Crippen LogP contribution >= 0.6 is 7.60 Å². The number of rotatable bonds is 14. The fourth-order valence-electron chi connectivity index (χ4n) is 3.77. The van der Waals surface area contributed by atoms with Gasteiger partial charge in [0.1, 0.15) is 6.61 Å². The van der Waals surface area contributed by atoms with Gasteiger partial charge in [-0.15, -0.1) is 0 Å². The van der Waals surface area contributed by atoms with Crippen LogP contribution in [0.2, 0.25) is 0 Å². The molecule has 0 saturated carbocycles. The predicted molar refractivity (Wildman–Crippen MR) is 131 cm³/mol. The second-order valence-electron chi connectivity index (χ2n) is 7.71. The Morgan fingerprint density at radius 2 is 1.55 bits per heavy atom. The number of amides is 1. The van der Waals surface area contributed by atoms with Gasteiger partial charge in [0, 0.05) is 6.54 Å². The minimum atomic E-state index is -3.40. The van der Waals surface area contributed by atoms with Gasteiger partial charge in [0.2, 0.25) is 6.41 Å². The van der Waals surface area contributed by atoms with Crippen molar-refractivity contribution in [1.82, 2.24) is 5.06 Å². The maximum atomic E-state index is 13.7. The average molecular weight is 470 g/mol. The lowest BCUT2D eigenvalue weighted by atomic mass is 10.0. The van der Waals surface area contributed by atoms with Crippen molar-refractivity contribution in [1.29, 1.82) is 0 Å². The van der Waals surface area contributed by atoms with Crippen LogP contribution in [0, 0.1) is 0 Å². The molecule has 0 bridgehead atoms. The van der Waals surface area contributed by atoms with Crippen LogP contribution in [0.25, 0.3) is 10.8 Å². The van der Waals surface area contributed by atoms with Crippen LogP contribution in [0.1, 0.15) is 31.4 Å². The van der Waals surface area contributed by atoms with Crippen LogP contribution in [0.3, 0.4) is 0 Å². The molecule has 0 saturated heterocycles. The quantitative estimate of drug-likeness (QED) is 0.165. The Kier molecular flexibility index (Phi) is 9.64. The highest BCUT2D eigenvalue weighted by Crippen LogP contribution is 2.55. The van der Waals surface area contributed by atoms with E-state index in [1.54, 1.807) is 13.8 Å². The van der Waals surface area contributed by atoms with E-state index in [2.05, 4.69) is 24.3 Å². The number of carbonyl (C=O) groups excluding carboxylic acids is 1. The van der Waals surface area contributed by atoms with E-state index < -0.39 is 13.3 Å². The molecule has 0 radical (unpaired) electrons. The van der Waals surface area contributed by atoms with Crippen molar-refractivity contribution in [3.8, 4) is 0 Å². The summed E-state index contributed by atoms with van der Waals surface area (Å²) in [7, 11) is -3.40. The molecule has 0 heterocycles. The molecule has 0 aliphatic rings. The summed E-state index contributed by atoms with van der Waals surface area (Å²) in [6.07, 6.45) is 1.58. The SMILES string of the molecule is CCOP(=O)(OCC)C(CCN(C=O)OCc1ccccc1)Cc1ccc2ccccc2c1. The van der Waals surface area contributed by atoms with E-state index in [0.717, 1.165) is 21.9 Å². The Morgan fingerprint density at radius 1 is 0.879 bits per heavy atom. The first kappa shape index (κ1) is 25.1. The number of nitrogens with zero attached hydrogens (tertiary/aromatic N) is 1. The van der Waals surface area contributed by atoms with Gasteiger partial charge in [0.15, 0.2) is 0 Å². The summed E-state index contributed by atoms with van der Waals surface area (Å²) >= 11 is 0. The first-order valence-corrected chi connectivity index (χ1v) is 12.9. The zero-order valence-electron chi connectivity index (χ0n) is 19.3. The molecule has 3 aromatic carbocycles. The highest BCUT2D eigenvalue weighted by atomic mass is 31.2. The summed E-state index contributed by atoms with van der Waals surface area (Å²) in [5, 5.41) is 3.52. The highest BCUT2D eigenvalue weighted by Gasteiger charge is 2.35. The van der Waals surface area contributed by atoms with E-state index >= 15 is 0 Å². The Hall–Kier alpha value is -2.50. The lowest BCUT2D eigenvalue weighted by Gasteiger charge is -2.28. The van der Waals surface area contributed by atoms with E-state index in [4.69, 9.17) is 13.9 Å². The second-order valence-corrected chi connectivity index (χ2v) is 10.0. The fraction of sp³-hybridized carbons (Fsp3) is 0.346. The highest BCUT2D eigenvalue weighted by molar-refractivity contribution is 7.54. The molecule has 6 nitrogen and oxygen atoms in total. The average Bonchev–Trinajstić information content (AvgIpc) is 2.84. The molecule has 3 rings (SSSR count). The molecule has 3 aromatic rings. The van der Waals surface area contributed by atoms with Crippen LogP contribution in [-0.4, -0.2) is 36.9 Å². The van der Waals surface area contributed by atoms with Crippen molar-refractivity contribution in [3.05, 3.63) is 83.9 Å². The predicted octanol–water partition coefficient (Wildman–Crippen LogP) is 6.00. The van der Waals surface area contributed by atoms with Gasteiger partial charge in [0.25, 0.3) is 0 Å². The summed E-state index contributed by atoms with van der Waals surface area (Å²) in [4.78, 5) is 17.3. The lowest BCUT2D eigenvalue weighted by Crippen LogP contribution is -2.28. The standard InChI is InChI=1S/C26H32NO5P/c1-3-31-33(29,32-4-2)26(19-23-14-15-24-12-8-9-13-25(24)18-23)16-17-27(21-28)30-20-22-10-6-5-7-11-22/h5-15,18,21,26H,3-4,16-17,19-20H2,1-2H3. The van der Waals surface area contributed by atoms with Crippen LogP contribution in [-0.2, 0) is 36.3 Å². The van der Waals surface area contributed by atoms with Gasteiger partial charge in [-0.3, -0.25) is 14.2 Å². The maximum Gasteiger partial charge on any atom is 0.334 e. The number of hydrogen-bond donors (Lipinski definition) is 0. The molecule has 0 aliphatic carbocycles. The van der Waals surface area contributed by atoms with E-state index in [0.29, 0.717) is 19.3 Å². The van der Waals surface area contributed by atoms with Gasteiger partial charge in [0.05, 0.1) is 18.9 Å². The fourth-order valence-corrected chi connectivity index (χ4v) is 5.86. The van der Waals surface area contributed by atoms with Gasteiger partial charge in [-0.1, -0.05) is 72.8 Å². The molecule has 0 spiro atoms. The monoisotopic (exact) mass is 469 g/mol. The van der Waals surface area contributed by atoms with Crippen LogP contribution in [0.5, 0.6) is 0 Å². The Bertz CT molecular complexity index is 1050. The third-order valence-electron chi connectivity index (χ3n) is 5.39. The molecule has 1 atom stereocenters. The molecule has 0 aliphatic heterocycles. The summed E-state index contributed by atoms with van der Waals surface area (Å²) in [6.45, 7) is 4.74. The maximum absolute atomic E-state index is 13.7. The van der Waals surface area contributed by atoms with E-state index in [1.807, 2.05) is 48.5 Å². The molecule has 1 unspecified atom stereocenters. The van der Waals surface area contributed by atoms with Gasteiger partial charge in [-0.2, -0.15) is 0 Å². The molecule has 176 valence electrons. The molecular weight excluding hydrogens is 437 g/mol. The normalized spacial score (nSPS) is 12.5. The van der Waals surface area contributed by atoms with Crippen LogP contribution < -0.4 is 0 Å². The lowest BCUT2D eigenvalue weighted by molar-refractivity contribution is -0.177. The molecule has 33 heavy (non-hydrogen) atoms. The Balaban J connectivity index is 1.75. The summed E-state index contributed by atoms with van der Waals surface area (Å²) in [5.74, 6) is 0. The van der Waals surface area contributed by atoms with Crippen molar-refractivity contribution in [2.24, 2.45) is 0 Å². The number of hydroxylamine groups is 2. The molecule has 1 amide bonds. The van der Waals surface area contributed by atoms with Crippen molar-refractivity contribution in [2.75, 3.05) is 19.8 Å². The topological polar surface area (TPSA) is 65.1 Å². The number of carbonyl (C=O) groups is 1. The number of fused-ring (bicyclic) bond motifs is 1. The first-order chi connectivity index (χ1) is 16.1. The Morgan fingerprint density at radius 3 is 2.21 bits per heavy atom. The minimum Gasteiger partial charge on any atom is -0.309 e. The molecule has 0 N–H and O–H groups in total. The zero-order valence-corrected chi connectivity index (χ0v) is 20.2. The smallest absolute Gasteiger partial charge is 0.309 e. The van der Waals surface area contributed by atoms with Crippen molar-refractivity contribution in [2.45, 2.75) is 39.0 Å². The van der Waals surface area contributed by atoms with Crippen molar-refractivity contribution >= 4 is 24.8 Å². The minimum absolute atomic E-state index is 0.277. The molecule has 0 fully saturated rings. The van der Waals surface area contributed by atoms with Crippen LogP contribution in [0.4, 0.5) is 0 Å². The first-order valence-electron chi connectivity index (χ1n) is 11.3. The molecule has 0 aromatic heterocycles. The second kappa shape index (κ2) is 12.7. The Labute approximate surface area is 195 Å². The third kappa shape index (κ3) is 7.24. The van der Waals surface area contributed by atoms with E-state index in [1.165, 1.54) is 5.06 Å². The summed E-state index contributed by atoms with van der Waals surface area (Å²) in [5.41, 5.74) is 1.59.